The van der Waals surface area contributed by atoms with Gasteiger partial charge in [0.2, 0.25) is 0 Å². The number of aliphatic hydroxyl groups excluding tert-OH is 1. The lowest BCUT2D eigenvalue weighted by atomic mass is 9.98. The van der Waals surface area contributed by atoms with Crippen LogP contribution in [-0.2, 0) is 6.42 Å². The Bertz CT molecular complexity index is 421. The van der Waals surface area contributed by atoms with Crippen molar-refractivity contribution in [3.63, 3.8) is 0 Å². The smallest absolute Gasteiger partial charge is 0.277 e. The Balaban J connectivity index is 2.57. The monoisotopic (exact) mass is 189 g/mol. The van der Waals surface area contributed by atoms with Gasteiger partial charge in [0.15, 0.2) is 0 Å². The van der Waals surface area contributed by atoms with Crippen LogP contribution in [0.3, 0.4) is 0 Å². The van der Waals surface area contributed by atoms with E-state index in [1.54, 1.807) is 6.07 Å². The maximum Gasteiger partial charge on any atom is 0.277 e. The third kappa shape index (κ3) is 1.26. The van der Waals surface area contributed by atoms with Crippen molar-refractivity contribution in [3.05, 3.63) is 34.9 Å². The SMILES string of the molecule is CC1=NC(=O)c2cccc(CCO)c21. The molecule has 1 aromatic carbocycles. The van der Waals surface area contributed by atoms with E-state index in [2.05, 4.69) is 4.99 Å². The first kappa shape index (κ1) is 9.09. The van der Waals surface area contributed by atoms with Gasteiger partial charge in [0.05, 0.1) is 5.56 Å². The predicted octanol–water partition coefficient (Wildman–Crippen LogP) is 1.18. The lowest BCUT2D eigenvalue weighted by Gasteiger charge is -2.05. The van der Waals surface area contributed by atoms with Crippen molar-refractivity contribution < 1.29 is 9.90 Å². The van der Waals surface area contributed by atoms with Gasteiger partial charge in [0.25, 0.3) is 5.91 Å². The molecule has 1 heterocycles. The number of aliphatic hydroxyl groups is 1. The fraction of sp³-hybridized carbons (Fsp3) is 0.273. The van der Waals surface area contributed by atoms with E-state index in [1.807, 2.05) is 19.1 Å². The molecule has 3 nitrogen and oxygen atoms in total. The van der Waals surface area contributed by atoms with Crippen molar-refractivity contribution in [2.75, 3.05) is 6.61 Å². The normalized spacial score (nSPS) is 14.1. The molecule has 0 spiro atoms. The van der Waals surface area contributed by atoms with Gasteiger partial charge in [0, 0.05) is 17.9 Å². The summed E-state index contributed by atoms with van der Waals surface area (Å²) in [5.41, 5.74) is 3.33. The van der Waals surface area contributed by atoms with E-state index in [4.69, 9.17) is 5.11 Å². The fourth-order valence-corrected chi connectivity index (χ4v) is 1.80. The van der Waals surface area contributed by atoms with Gasteiger partial charge in [-0.15, -0.1) is 0 Å². The van der Waals surface area contributed by atoms with E-state index in [0.29, 0.717) is 12.0 Å². The van der Waals surface area contributed by atoms with Crippen LogP contribution in [-0.4, -0.2) is 23.3 Å². The number of carbonyl (C=O) groups is 1. The average Bonchev–Trinajstić information content (AvgIpc) is 2.44. The van der Waals surface area contributed by atoms with Gasteiger partial charge in [0.1, 0.15) is 0 Å². The van der Waals surface area contributed by atoms with Crippen molar-refractivity contribution in [1.29, 1.82) is 0 Å². The van der Waals surface area contributed by atoms with Crippen LogP contribution in [0, 0.1) is 0 Å². The van der Waals surface area contributed by atoms with Crippen LogP contribution in [0.2, 0.25) is 0 Å². The number of nitrogens with zero attached hydrogens (tertiary/aromatic N) is 1. The number of hydrogen-bond acceptors (Lipinski definition) is 2. The molecule has 0 aliphatic carbocycles. The standard InChI is InChI=1S/C11H11NO2/c1-7-10-8(5-6-13)3-2-4-9(10)11(14)12-7/h2-4,13H,5-6H2,1H3. The van der Waals surface area contributed by atoms with Crippen molar-refractivity contribution in [1.82, 2.24) is 0 Å². The van der Waals surface area contributed by atoms with Gasteiger partial charge < -0.3 is 5.11 Å². The van der Waals surface area contributed by atoms with Gasteiger partial charge >= 0.3 is 0 Å². The number of fused-ring (bicyclic) bond motifs is 1. The molecule has 0 saturated heterocycles. The minimum Gasteiger partial charge on any atom is -0.396 e. The number of benzene rings is 1. The van der Waals surface area contributed by atoms with Crippen LogP contribution in [0.4, 0.5) is 0 Å². The molecule has 0 fully saturated rings. The minimum absolute atomic E-state index is 0.0952. The topological polar surface area (TPSA) is 49.7 Å². The van der Waals surface area contributed by atoms with Gasteiger partial charge in [-0.3, -0.25) is 4.79 Å². The van der Waals surface area contributed by atoms with Crippen LogP contribution in [0.1, 0.15) is 28.4 Å². The number of aliphatic imine (C=N–C) groups is 1. The zero-order valence-electron chi connectivity index (χ0n) is 7.95. The molecule has 72 valence electrons. The molecular weight excluding hydrogens is 178 g/mol. The Labute approximate surface area is 82.1 Å². The summed E-state index contributed by atoms with van der Waals surface area (Å²) in [5.74, 6) is -0.169. The molecule has 0 atom stereocenters. The van der Waals surface area contributed by atoms with Crippen molar-refractivity contribution in [2.24, 2.45) is 4.99 Å². The molecule has 1 amide bonds. The lowest BCUT2D eigenvalue weighted by Crippen LogP contribution is -2.02. The highest BCUT2D eigenvalue weighted by Crippen LogP contribution is 2.22. The molecule has 2 rings (SSSR count). The van der Waals surface area contributed by atoms with Crippen molar-refractivity contribution in [2.45, 2.75) is 13.3 Å². The zero-order chi connectivity index (χ0) is 10.1. The molecule has 1 aliphatic heterocycles. The van der Waals surface area contributed by atoms with Crippen LogP contribution < -0.4 is 0 Å². The van der Waals surface area contributed by atoms with E-state index in [0.717, 1.165) is 16.8 Å². The van der Waals surface area contributed by atoms with E-state index >= 15 is 0 Å². The molecular formula is C11H11NO2. The Morgan fingerprint density at radius 3 is 2.93 bits per heavy atom. The molecule has 0 saturated carbocycles. The molecule has 0 bridgehead atoms. The molecule has 1 aliphatic rings. The molecule has 1 aromatic rings. The first-order valence-corrected chi connectivity index (χ1v) is 4.57. The van der Waals surface area contributed by atoms with E-state index < -0.39 is 0 Å². The van der Waals surface area contributed by atoms with Gasteiger partial charge in [-0.05, 0) is 25.0 Å². The van der Waals surface area contributed by atoms with Gasteiger partial charge in [-0.1, -0.05) is 12.1 Å². The van der Waals surface area contributed by atoms with Gasteiger partial charge in [-0.25, -0.2) is 4.99 Å². The summed E-state index contributed by atoms with van der Waals surface area (Å²) in [4.78, 5) is 15.3. The highest BCUT2D eigenvalue weighted by Gasteiger charge is 2.22. The summed E-state index contributed by atoms with van der Waals surface area (Å²) >= 11 is 0. The van der Waals surface area contributed by atoms with Gasteiger partial charge in [-0.2, -0.15) is 0 Å². The number of rotatable bonds is 2. The Kier molecular flexibility index (Phi) is 2.17. The highest BCUT2D eigenvalue weighted by atomic mass is 16.3. The van der Waals surface area contributed by atoms with E-state index in [-0.39, 0.29) is 12.5 Å². The summed E-state index contributed by atoms with van der Waals surface area (Å²) in [6, 6.07) is 5.53. The number of carbonyl (C=O) groups excluding carboxylic acids is 1. The van der Waals surface area contributed by atoms with Crippen LogP contribution in [0.15, 0.2) is 23.2 Å². The number of hydrogen-bond donors (Lipinski definition) is 1. The Morgan fingerprint density at radius 2 is 2.21 bits per heavy atom. The summed E-state index contributed by atoms with van der Waals surface area (Å²) in [6.45, 7) is 1.92. The third-order valence-electron chi connectivity index (χ3n) is 2.39. The lowest BCUT2D eigenvalue weighted by molar-refractivity contribution is 0.101. The maximum atomic E-state index is 11.4. The molecule has 0 unspecified atom stereocenters. The molecule has 3 heteroatoms. The first-order chi connectivity index (χ1) is 6.74. The number of amides is 1. The summed E-state index contributed by atoms with van der Waals surface area (Å²) in [6.07, 6.45) is 0.573. The molecule has 1 N–H and O–H groups in total. The van der Waals surface area contributed by atoms with E-state index in [9.17, 15) is 4.79 Å². The first-order valence-electron chi connectivity index (χ1n) is 4.57. The van der Waals surface area contributed by atoms with Crippen molar-refractivity contribution in [3.8, 4) is 0 Å². The molecule has 0 aromatic heterocycles. The fourth-order valence-electron chi connectivity index (χ4n) is 1.80. The van der Waals surface area contributed by atoms with Crippen LogP contribution in [0.5, 0.6) is 0 Å². The second kappa shape index (κ2) is 3.35. The average molecular weight is 189 g/mol. The van der Waals surface area contributed by atoms with Crippen LogP contribution in [0.25, 0.3) is 0 Å². The largest absolute Gasteiger partial charge is 0.396 e. The second-order valence-corrected chi connectivity index (χ2v) is 3.32. The maximum absolute atomic E-state index is 11.4. The third-order valence-corrected chi connectivity index (χ3v) is 2.39. The summed E-state index contributed by atoms with van der Waals surface area (Å²) in [5, 5.41) is 8.88. The van der Waals surface area contributed by atoms with Crippen LogP contribution >= 0.6 is 0 Å². The predicted molar refractivity (Wildman–Crippen MR) is 53.8 cm³/mol. The Hall–Kier alpha value is -1.48. The highest BCUT2D eigenvalue weighted by molar-refractivity contribution is 6.21. The molecule has 0 radical (unpaired) electrons. The zero-order valence-corrected chi connectivity index (χ0v) is 7.95. The Morgan fingerprint density at radius 1 is 1.43 bits per heavy atom. The minimum atomic E-state index is -0.169. The second-order valence-electron chi connectivity index (χ2n) is 3.32. The summed E-state index contributed by atoms with van der Waals surface area (Å²) in [7, 11) is 0. The van der Waals surface area contributed by atoms with E-state index in [1.165, 1.54) is 0 Å². The summed E-state index contributed by atoms with van der Waals surface area (Å²) < 4.78 is 0. The quantitative estimate of drug-likeness (QED) is 0.759. The van der Waals surface area contributed by atoms with Crippen molar-refractivity contribution >= 4 is 11.6 Å². The molecule has 14 heavy (non-hydrogen) atoms.